The Kier molecular flexibility index (Phi) is 6.58. The number of amides is 1. The Morgan fingerprint density at radius 2 is 1.89 bits per heavy atom. The molecule has 1 amide bonds. The van der Waals surface area contributed by atoms with Gasteiger partial charge >= 0.3 is 0 Å². The molecule has 0 aliphatic rings. The minimum Gasteiger partial charge on any atom is -0.493 e. The summed E-state index contributed by atoms with van der Waals surface area (Å²) in [6.07, 6.45) is 4.42. The molecule has 0 fully saturated rings. The van der Waals surface area contributed by atoms with E-state index in [9.17, 15) is 4.79 Å². The first kappa shape index (κ1) is 19.8. The Hall–Kier alpha value is -2.95. The van der Waals surface area contributed by atoms with Crippen LogP contribution in [-0.2, 0) is 4.79 Å². The fourth-order valence-corrected chi connectivity index (χ4v) is 3.52. The van der Waals surface area contributed by atoms with Gasteiger partial charge in [0.05, 0.1) is 14.2 Å². The van der Waals surface area contributed by atoms with Crippen molar-refractivity contribution in [2.24, 2.45) is 0 Å². The van der Waals surface area contributed by atoms with Gasteiger partial charge in [0.1, 0.15) is 0 Å². The van der Waals surface area contributed by atoms with Crippen LogP contribution in [0.15, 0.2) is 48.7 Å². The number of aromatic amines is 1. The molecule has 1 aromatic heterocycles. The maximum Gasteiger partial charge on any atom is 0.220 e. The molecule has 28 heavy (non-hydrogen) atoms. The highest BCUT2D eigenvalue weighted by molar-refractivity contribution is 5.86. The van der Waals surface area contributed by atoms with Crippen molar-refractivity contribution < 1.29 is 14.3 Å². The summed E-state index contributed by atoms with van der Waals surface area (Å²) in [7, 11) is 3.25. The van der Waals surface area contributed by atoms with E-state index in [4.69, 9.17) is 9.47 Å². The van der Waals surface area contributed by atoms with Crippen molar-refractivity contribution in [3.8, 4) is 11.5 Å². The van der Waals surface area contributed by atoms with E-state index in [-0.39, 0.29) is 11.8 Å². The molecule has 0 bridgehead atoms. The second kappa shape index (κ2) is 9.31. The van der Waals surface area contributed by atoms with Gasteiger partial charge in [-0.15, -0.1) is 0 Å². The lowest BCUT2D eigenvalue weighted by Gasteiger charge is -2.19. The maximum atomic E-state index is 12.6. The number of carbonyl (C=O) groups excluding carboxylic acids is 1. The van der Waals surface area contributed by atoms with Crippen LogP contribution in [0, 0.1) is 0 Å². The number of aromatic nitrogens is 1. The molecule has 0 unspecified atom stereocenters. The first-order chi connectivity index (χ1) is 13.7. The minimum atomic E-state index is -0.0856. The number of hydrogen-bond acceptors (Lipinski definition) is 3. The van der Waals surface area contributed by atoms with Gasteiger partial charge in [0.15, 0.2) is 11.5 Å². The first-order valence-electron chi connectivity index (χ1n) is 9.72. The highest BCUT2D eigenvalue weighted by Gasteiger charge is 2.22. The Labute approximate surface area is 166 Å². The lowest BCUT2D eigenvalue weighted by Crippen LogP contribution is -2.26. The van der Waals surface area contributed by atoms with Gasteiger partial charge in [-0.1, -0.05) is 37.6 Å². The number of carbonyl (C=O) groups is 1. The van der Waals surface area contributed by atoms with Crippen LogP contribution in [0.2, 0.25) is 0 Å². The topological polar surface area (TPSA) is 63.4 Å². The molecule has 3 rings (SSSR count). The summed E-state index contributed by atoms with van der Waals surface area (Å²) >= 11 is 0. The highest BCUT2D eigenvalue weighted by Crippen LogP contribution is 2.37. The van der Waals surface area contributed by atoms with E-state index in [2.05, 4.69) is 23.3 Å². The molecule has 0 saturated carbocycles. The van der Waals surface area contributed by atoms with Crippen LogP contribution in [0.3, 0.4) is 0 Å². The van der Waals surface area contributed by atoms with Gasteiger partial charge in [-0.25, -0.2) is 0 Å². The molecule has 148 valence electrons. The van der Waals surface area contributed by atoms with Crippen LogP contribution in [-0.4, -0.2) is 31.7 Å². The van der Waals surface area contributed by atoms with Crippen molar-refractivity contribution in [2.75, 3.05) is 20.8 Å². The largest absolute Gasteiger partial charge is 0.493 e. The molecule has 2 aromatic carbocycles. The highest BCUT2D eigenvalue weighted by atomic mass is 16.5. The van der Waals surface area contributed by atoms with Gasteiger partial charge in [0, 0.05) is 36.0 Å². The molecule has 5 nitrogen and oxygen atoms in total. The zero-order valence-corrected chi connectivity index (χ0v) is 16.7. The van der Waals surface area contributed by atoms with Gasteiger partial charge in [0.25, 0.3) is 0 Å². The Morgan fingerprint density at radius 1 is 1.11 bits per heavy atom. The van der Waals surface area contributed by atoms with Crippen LogP contribution >= 0.6 is 0 Å². The Morgan fingerprint density at radius 3 is 2.64 bits per heavy atom. The van der Waals surface area contributed by atoms with E-state index >= 15 is 0 Å². The standard InChI is InChI=1S/C23H28N2O3/c1-4-5-12-24-23(26)14-18(16-10-11-21(27-2)22(13-16)28-3)19-15-25-20-9-7-6-8-17(19)20/h6-11,13,15,18,25H,4-5,12,14H2,1-3H3,(H,24,26)/t18-/m1/s1. The second-order valence-corrected chi connectivity index (χ2v) is 6.86. The summed E-state index contributed by atoms with van der Waals surface area (Å²) in [5.41, 5.74) is 3.19. The number of rotatable bonds is 9. The van der Waals surface area contributed by atoms with Crippen molar-refractivity contribution in [3.63, 3.8) is 0 Å². The molecule has 2 N–H and O–H groups in total. The van der Waals surface area contributed by atoms with E-state index in [1.54, 1.807) is 14.2 Å². The molecule has 0 aliphatic carbocycles. The van der Waals surface area contributed by atoms with E-state index < -0.39 is 0 Å². The summed E-state index contributed by atoms with van der Waals surface area (Å²) in [6.45, 7) is 2.83. The quantitative estimate of drug-likeness (QED) is 0.532. The summed E-state index contributed by atoms with van der Waals surface area (Å²) in [4.78, 5) is 16.0. The molecule has 1 atom stereocenters. The smallest absolute Gasteiger partial charge is 0.220 e. The van der Waals surface area contributed by atoms with Crippen molar-refractivity contribution in [1.29, 1.82) is 0 Å². The Balaban J connectivity index is 1.98. The van der Waals surface area contributed by atoms with Gasteiger partial charge in [-0.3, -0.25) is 4.79 Å². The number of ether oxygens (including phenoxy) is 2. The summed E-state index contributed by atoms with van der Waals surface area (Å²) in [5, 5.41) is 4.17. The maximum absolute atomic E-state index is 12.6. The van der Waals surface area contributed by atoms with E-state index in [0.717, 1.165) is 34.9 Å². The average molecular weight is 380 g/mol. The lowest BCUT2D eigenvalue weighted by atomic mass is 9.87. The van der Waals surface area contributed by atoms with E-state index in [1.807, 2.05) is 42.6 Å². The minimum absolute atomic E-state index is 0.0542. The molecule has 3 aromatic rings. The van der Waals surface area contributed by atoms with Gasteiger partial charge in [-0.2, -0.15) is 0 Å². The first-order valence-corrected chi connectivity index (χ1v) is 9.72. The van der Waals surface area contributed by atoms with Crippen LogP contribution in [0.25, 0.3) is 10.9 Å². The number of unbranched alkanes of at least 4 members (excludes halogenated alkanes) is 1. The van der Waals surface area contributed by atoms with Crippen molar-refractivity contribution in [1.82, 2.24) is 10.3 Å². The van der Waals surface area contributed by atoms with Crippen LogP contribution < -0.4 is 14.8 Å². The summed E-state index contributed by atoms with van der Waals surface area (Å²) < 4.78 is 10.9. The number of nitrogens with one attached hydrogen (secondary N) is 2. The third kappa shape index (κ3) is 4.30. The SMILES string of the molecule is CCCCNC(=O)C[C@H](c1ccc(OC)c(OC)c1)c1c[nH]c2ccccc12. The molecule has 0 radical (unpaired) electrons. The zero-order valence-electron chi connectivity index (χ0n) is 16.7. The zero-order chi connectivity index (χ0) is 19.9. The molecule has 0 aliphatic heterocycles. The van der Waals surface area contributed by atoms with Crippen LogP contribution in [0.5, 0.6) is 11.5 Å². The van der Waals surface area contributed by atoms with E-state index in [0.29, 0.717) is 24.5 Å². The summed E-state index contributed by atoms with van der Waals surface area (Å²) in [5.74, 6) is 1.31. The number of hydrogen-bond donors (Lipinski definition) is 2. The van der Waals surface area contributed by atoms with Crippen molar-refractivity contribution >= 4 is 16.8 Å². The van der Waals surface area contributed by atoms with Gasteiger partial charge in [-0.05, 0) is 35.7 Å². The molecular formula is C23H28N2O3. The van der Waals surface area contributed by atoms with Gasteiger partial charge in [0.2, 0.25) is 5.91 Å². The molecule has 5 heteroatoms. The molecule has 1 heterocycles. The van der Waals surface area contributed by atoms with Crippen molar-refractivity contribution in [2.45, 2.75) is 32.1 Å². The normalized spacial score (nSPS) is 12.0. The second-order valence-electron chi connectivity index (χ2n) is 6.86. The van der Waals surface area contributed by atoms with Crippen LogP contribution in [0.1, 0.15) is 43.2 Å². The fourth-order valence-electron chi connectivity index (χ4n) is 3.52. The predicted octanol–water partition coefficient (Wildman–Crippen LogP) is 4.62. The van der Waals surface area contributed by atoms with Crippen molar-refractivity contribution in [3.05, 3.63) is 59.8 Å². The molecular weight excluding hydrogens is 352 g/mol. The number of H-pyrrole nitrogens is 1. The number of fused-ring (bicyclic) bond motifs is 1. The number of benzene rings is 2. The third-order valence-electron chi connectivity index (χ3n) is 5.05. The number of para-hydroxylation sites is 1. The van der Waals surface area contributed by atoms with Gasteiger partial charge < -0.3 is 19.8 Å². The average Bonchev–Trinajstić information content (AvgIpc) is 3.15. The molecule has 0 spiro atoms. The monoisotopic (exact) mass is 380 g/mol. The third-order valence-corrected chi connectivity index (χ3v) is 5.05. The Bertz CT molecular complexity index is 932. The van der Waals surface area contributed by atoms with Crippen LogP contribution in [0.4, 0.5) is 0 Å². The number of methoxy groups -OCH3 is 2. The lowest BCUT2D eigenvalue weighted by molar-refractivity contribution is -0.121. The molecule has 0 saturated heterocycles. The predicted molar refractivity (Wildman–Crippen MR) is 112 cm³/mol. The summed E-state index contributed by atoms with van der Waals surface area (Å²) in [6, 6.07) is 14.0. The van der Waals surface area contributed by atoms with E-state index in [1.165, 1.54) is 0 Å². The fraction of sp³-hybridized carbons (Fsp3) is 0.348.